The van der Waals surface area contributed by atoms with Crippen LogP contribution in [0.15, 0.2) is 35.9 Å². The van der Waals surface area contributed by atoms with Gasteiger partial charge in [-0.05, 0) is 79.5 Å². The summed E-state index contributed by atoms with van der Waals surface area (Å²) in [7, 11) is 5.34. The molecule has 1 unspecified atom stereocenters. The molecule has 2 fully saturated rings. The molecule has 15 nitrogen and oxygen atoms in total. The molecule has 2 saturated heterocycles. The van der Waals surface area contributed by atoms with E-state index in [2.05, 4.69) is 5.43 Å². The number of aliphatic hydroxyl groups is 1. The number of nitrogens with zero attached hydrogens (tertiary/aromatic N) is 3. The number of nitrogens with one attached hydrogen (secondary N) is 1. The normalized spacial score (nSPS) is 37.4. The third-order valence-electron chi connectivity index (χ3n) is 11.7. The SMILES string of the molecule is CCC1OC(=O)/C(C)=C/[C@H](C)[C@@H](O[C@@H]2O[C@H](C)C[C@H](N(C)C)[C@H]2O)[C@](C)(OC)C[C@@H](C)C(=O)[C@H](C)[C@H]2N(NCCCc3cccc([N+](=O)[O-])c3)C(=O)O[C@]12C. The number of Topliss-reactive ketones (excluding diaryl/α,β-unsaturated/α-hetero) is 1. The minimum absolute atomic E-state index is 0.000142. The number of hydrogen-bond donors (Lipinski definition) is 2. The van der Waals surface area contributed by atoms with E-state index in [-0.39, 0.29) is 30.0 Å². The van der Waals surface area contributed by atoms with Gasteiger partial charge in [0, 0.05) is 55.2 Å². The predicted octanol–water partition coefficient (Wildman–Crippen LogP) is 4.98. The molecule has 0 aromatic heterocycles. The van der Waals surface area contributed by atoms with E-state index in [0.29, 0.717) is 37.8 Å². The van der Waals surface area contributed by atoms with E-state index in [1.165, 1.54) is 17.1 Å². The summed E-state index contributed by atoms with van der Waals surface area (Å²) in [5, 5.41) is 24.0. The fraction of sp³-hybridized carbons (Fsp3) is 0.725. The number of non-ortho nitro benzene ring substituents is 1. The van der Waals surface area contributed by atoms with Crippen molar-refractivity contribution >= 4 is 23.5 Å². The molecule has 1 aromatic carbocycles. The molecule has 3 aliphatic rings. The van der Waals surface area contributed by atoms with Gasteiger partial charge in [-0.25, -0.2) is 20.0 Å². The van der Waals surface area contributed by atoms with Crippen molar-refractivity contribution in [1.29, 1.82) is 0 Å². The van der Waals surface area contributed by atoms with Crippen LogP contribution in [0.3, 0.4) is 0 Å². The Balaban J connectivity index is 1.68. The van der Waals surface area contributed by atoms with Gasteiger partial charge < -0.3 is 33.7 Å². The van der Waals surface area contributed by atoms with Crippen LogP contribution in [0.1, 0.15) is 86.6 Å². The van der Waals surface area contributed by atoms with Gasteiger partial charge in [-0.3, -0.25) is 14.9 Å². The maximum Gasteiger partial charge on any atom is 0.425 e. The predicted molar refractivity (Wildman–Crippen MR) is 204 cm³/mol. The number of hydrogen-bond acceptors (Lipinski definition) is 13. The second kappa shape index (κ2) is 18.2. The number of nitro groups is 1. The van der Waals surface area contributed by atoms with Crippen molar-refractivity contribution < 1.29 is 48.1 Å². The number of amides is 1. The number of benzene rings is 1. The third-order valence-corrected chi connectivity index (χ3v) is 11.7. The summed E-state index contributed by atoms with van der Waals surface area (Å²) in [5.74, 6) is -2.65. The molecule has 3 aliphatic heterocycles. The van der Waals surface area contributed by atoms with Crippen molar-refractivity contribution in [3.05, 3.63) is 51.6 Å². The van der Waals surface area contributed by atoms with Crippen LogP contribution in [0.2, 0.25) is 0 Å². The Kier molecular flexibility index (Phi) is 14.6. The summed E-state index contributed by atoms with van der Waals surface area (Å²) >= 11 is 0. The summed E-state index contributed by atoms with van der Waals surface area (Å²) in [6.07, 6.45) is -0.718. The fourth-order valence-corrected chi connectivity index (χ4v) is 8.75. The Morgan fingerprint density at radius 1 is 1.15 bits per heavy atom. The quantitative estimate of drug-likeness (QED) is 0.133. The van der Waals surface area contributed by atoms with Crippen LogP contribution < -0.4 is 5.43 Å². The van der Waals surface area contributed by atoms with Gasteiger partial charge in [0.15, 0.2) is 11.9 Å². The minimum Gasteiger partial charge on any atom is -0.455 e. The molecule has 1 amide bonds. The van der Waals surface area contributed by atoms with Crippen LogP contribution in [0.4, 0.5) is 10.5 Å². The smallest absolute Gasteiger partial charge is 0.425 e. The number of carbonyl (C=O) groups excluding carboxylic acids is 3. The first kappa shape index (κ1) is 44.2. The molecule has 0 radical (unpaired) electrons. The van der Waals surface area contributed by atoms with Crippen molar-refractivity contribution in [2.45, 2.75) is 141 Å². The van der Waals surface area contributed by atoms with E-state index in [1.54, 1.807) is 46.1 Å². The van der Waals surface area contributed by atoms with Crippen molar-refractivity contribution in [1.82, 2.24) is 15.3 Å². The lowest BCUT2D eigenvalue weighted by Crippen LogP contribution is -2.60. The van der Waals surface area contributed by atoms with Gasteiger partial charge in [0.1, 0.15) is 24.0 Å². The standard InChI is InChI=1S/C40H62N4O11/c1-12-31-40(8)34(43(38(48)55-40)41-18-14-16-28-15-13-17-29(21-28)44(49)50)27(6)32(45)25(4)22-39(7,51-11)35(23(2)19-24(3)36(47)53-31)54-37-33(46)30(42(9)10)20-26(5)52-37/h13,15,17,19,21,23,25-27,30-31,33-35,37,41,46H,12,14,16,18,20,22H2,1-11H3/b24-19+/t23-,25+,26+,27-,30-,31?,33+,34+,35+,37-,39+,40+/m0/s1. The van der Waals surface area contributed by atoms with Crippen LogP contribution >= 0.6 is 0 Å². The first-order valence-electron chi connectivity index (χ1n) is 19.4. The van der Waals surface area contributed by atoms with Crippen LogP contribution in [-0.4, -0.2) is 120 Å². The number of likely N-dealkylation sites (N-methyl/N-ethyl adjacent to an activating group) is 1. The van der Waals surface area contributed by atoms with Crippen molar-refractivity contribution in [3.63, 3.8) is 0 Å². The van der Waals surface area contributed by atoms with Crippen LogP contribution in [0.25, 0.3) is 0 Å². The molecule has 3 heterocycles. The number of esters is 1. The number of rotatable bonds is 11. The molecule has 0 bridgehead atoms. The Bertz CT molecular complexity index is 1570. The molecule has 308 valence electrons. The van der Waals surface area contributed by atoms with Crippen molar-refractivity contribution in [3.8, 4) is 0 Å². The molecule has 4 rings (SSSR count). The molecule has 55 heavy (non-hydrogen) atoms. The average Bonchev–Trinajstić information content (AvgIpc) is 3.39. The third kappa shape index (κ3) is 9.74. The molecule has 0 saturated carbocycles. The van der Waals surface area contributed by atoms with Gasteiger partial charge in [0.25, 0.3) is 5.69 Å². The van der Waals surface area contributed by atoms with Crippen LogP contribution in [0, 0.1) is 27.9 Å². The first-order chi connectivity index (χ1) is 25.8. The highest BCUT2D eigenvalue weighted by atomic mass is 16.7. The maximum atomic E-state index is 14.6. The maximum absolute atomic E-state index is 14.6. The summed E-state index contributed by atoms with van der Waals surface area (Å²) in [4.78, 5) is 54.9. The van der Waals surface area contributed by atoms with Crippen molar-refractivity contribution in [2.24, 2.45) is 17.8 Å². The number of ether oxygens (including phenoxy) is 5. The number of methoxy groups -OCH3 is 1. The summed E-state index contributed by atoms with van der Waals surface area (Å²) < 4.78 is 31.3. The van der Waals surface area contributed by atoms with Crippen molar-refractivity contribution in [2.75, 3.05) is 27.7 Å². The second-order valence-corrected chi connectivity index (χ2v) is 16.3. The van der Waals surface area contributed by atoms with Gasteiger partial charge in [0.05, 0.1) is 22.7 Å². The van der Waals surface area contributed by atoms with Crippen LogP contribution in [0.5, 0.6) is 0 Å². The zero-order valence-corrected chi connectivity index (χ0v) is 34.3. The highest BCUT2D eigenvalue weighted by molar-refractivity contribution is 5.88. The number of aliphatic hydroxyl groups excluding tert-OH is 1. The molecule has 1 aromatic rings. The lowest BCUT2D eigenvalue weighted by Gasteiger charge is -2.46. The van der Waals surface area contributed by atoms with E-state index >= 15 is 0 Å². The van der Waals surface area contributed by atoms with Gasteiger partial charge in [0.2, 0.25) is 0 Å². The molecule has 15 heteroatoms. The number of cyclic esters (lactones) is 1. The Morgan fingerprint density at radius 2 is 1.84 bits per heavy atom. The lowest BCUT2D eigenvalue weighted by atomic mass is 9.74. The van der Waals surface area contributed by atoms with E-state index in [0.717, 1.165) is 5.56 Å². The number of carbonyl (C=O) groups is 3. The van der Waals surface area contributed by atoms with E-state index in [9.17, 15) is 29.6 Å². The summed E-state index contributed by atoms with van der Waals surface area (Å²) in [5.41, 5.74) is 1.72. The second-order valence-electron chi connectivity index (χ2n) is 16.3. The van der Waals surface area contributed by atoms with E-state index in [4.69, 9.17) is 23.7 Å². The lowest BCUT2D eigenvalue weighted by molar-refractivity contribution is -0.384. The Labute approximate surface area is 325 Å². The van der Waals surface area contributed by atoms with Gasteiger partial charge in [-0.15, -0.1) is 0 Å². The fourth-order valence-electron chi connectivity index (χ4n) is 8.75. The molecule has 0 aliphatic carbocycles. The van der Waals surface area contributed by atoms with Gasteiger partial charge in [-0.2, -0.15) is 0 Å². The number of ketones is 1. The summed E-state index contributed by atoms with van der Waals surface area (Å²) in [6, 6.07) is 5.29. The molecular formula is C40H62N4O11. The first-order valence-corrected chi connectivity index (χ1v) is 19.4. The Hall–Kier alpha value is -3.47. The number of hydrazine groups is 1. The zero-order chi connectivity index (χ0) is 41.0. The van der Waals surface area contributed by atoms with Crippen LogP contribution in [-0.2, 0) is 39.7 Å². The largest absolute Gasteiger partial charge is 0.455 e. The summed E-state index contributed by atoms with van der Waals surface area (Å²) in [6.45, 7) is 14.7. The average molecular weight is 775 g/mol. The number of aryl methyl sites for hydroxylation is 1. The zero-order valence-electron chi connectivity index (χ0n) is 34.3. The number of fused-ring (bicyclic) bond motifs is 1. The molecule has 12 atom stereocenters. The number of nitro benzene ring substituents is 1. The molecule has 0 spiro atoms. The van der Waals surface area contributed by atoms with Gasteiger partial charge >= 0.3 is 12.1 Å². The van der Waals surface area contributed by atoms with E-state index < -0.39 is 76.6 Å². The monoisotopic (exact) mass is 774 g/mol. The van der Waals surface area contributed by atoms with Gasteiger partial charge in [-0.1, -0.05) is 45.9 Å². The minimum atomic E-state index is -1.41. The highest BCUT2D eigenvalue weighted by Crippen LogP contribution is 2.42. The topological polar surface area (TPSA) is 179 Å². The molecular weight excluding hydrogens is 712 g/mol. The Morgan fingerprint density at radius 3 is 2.45 bits per heavy atom. The highest BCUT2D eigenvalue weighted by Gasteiger charge is 2.60. The van der Waals surface area contributed by atoms with E-state index in [1.807, 2.05) is 53.6 Å². The molecule has 2 N–H and O–H groups in total.